The van der Waals surface area contributed by atoms with Crippen molar-refractivity contribution < 1.29 is 4.79 Å². The Labute approximate surface area is 143 Å². The molecule has 2 aromatic rings. The van der Waals surface area contributed by atoms with Crippen LogP contribution in [0.4, 0.5) is 11.5 Å². The molecule has 0 fully saturated rings. The van der Waals surface area contributed by atoms with Crippen molar-refractivity contribution in [2.75, 3.05) is 5.32 Å². The Morgan fingerprint density at radius 2 is 1.75 bits per heavy atom. The van der Waals surface area contributed by atoms with Crippen LogP contribution < -0.4 is 10.6 Å². The van der Waals surface area contributed by atoms with Gasteiger partial charge in [0.2, 0.25) is 0 Å². The molecule has 5 nitrogen and oxygen atoms in total. The van der Waals surface area contributed by atoms with Gasteiger partial charge >= 0.3 is 0 Å². The van der Waals surface area contributed by atoms with E-state index in [9.17, 15) is 4.79 Å². The Morgan fingerprint density at radius 1 is 1.12 bits per heavy atom. The highest BCUT2D eigenvalue weighted by molar-refractivity contribution is 5.93. The van der Waals surface area contributed by atoms with E-state index in [0.29, 0.717) is 17.3 Å². The highest BCUT2D eigenvalue weighted by Crippen LogP contribution is 2.26. The standard InChI is InChI=1S/C19H26N4O/c1-6-14-9-8-10-15(7-2)18(14)23-17-11-16(21-13(5)22-17)19(24)20-12(3)4/h8-12H,6-7H2,1-5H3,(H,20,24)(H,21,22,23). The Kier molecular flexibility index (Phi) is 5.90. The molecule has 0 aliphatic carbocycles. The summed E-state index contributed by atoms with van der Waals surface area (Å²) in [5, 5.41) is 6.27. The SMILES string of the molecule is CCc1cccc(CC)c1Nc1cc(C(=O)NC(C)C)nc(C)n1. The number of amides is 1. The lowest BCUT2D eigenvalue weighted by atomic mass is 10.0. The summed E-state index contributed by atoms with van der Waals surface area (Å²) < 4.78 is 0. The molecule has 0 saturated heterocycles. The zero-order chi connectivity index (χ0) is 17.7. The molecule has 5 heteroatoms. The van der Waals surface area contributed by atoms with E-state index >= 15 is 0 Å². The van der Waals surface area contributed by atoms with Crippen molar-refractivity contribution in [3.63, 3.8) is 0 Å². The fourth-order valence-corrected chi connectivity index (χ4v) is 2.62. The van der Waals surface area contributed by atoms with E-state index < -0.39 is 0 Å². The summed E-state index contributed by atoms with van der Waals surface area (Å²) in [6.07, 6.45) is 1.86. The molecule has 0 atom stereocenters. The molecule has 0 spiro atoms. The van der Waals surface area contributed by atoms with Gasteiger partial charge in [0.25, 0.3) is 5.91 Å². The molecule has 1 amide bonds. The summed E-state index contributed by atoms with van der Waals surface area (Å²) in [7, 11) is 0. The van der Waals surface area contributed by atoms with Gasteiger partial charge in [0.1, 0.15) is 17.3 Å². The number of aromatic nitrogens is 2. The summed E-state index contributed by atoms with van der Waals surface area (Å²) in [6.45, 7) is 9.91. The third kappa shape index (κ3) is 4.31. The average Bonchev–Trinajstić information content (AvgIpc) is 2.53. The maximum absolute atomic E-state index is 12.2. The van der Waals surface area contributed by atoms with E-state index in [0.717, 1.165) is 18.5 Å². The van der Waals surface area contributed by atoms with Crippen LogP contribution in [0.2, 0.25) is 0 Å². The molecule has 1 aromatic heterocycles. The van der Waals surface area contributed by atoms with Gasteiger partial charge in [0.15, 0.2) is 0 Å². The second-order valence-electron chi connectivity index (χ2n) is 6.10. The normalized spacial score (nSPS) is 10.8. The average molecular weight is 326 g/mol. The van der Waals surface area contributed by atoms with Crippen LogP contribution in [0.25, 0.3) is 0 Å². The zero-order valence-corrected chi connectivity index (χ0v) is 15.1. The molecule has 0 aliphatic rings. The van der Waals surface area contributed by atoms with Gasteiger partial charge in [0, 0.05) is 17.8 Å². The molecule has 1 heterocycles. The molecule has 2 rings (SSSR count). The topological polar surface area (TPSA) is 66.9 Å². The summed E-state index contributed by atoms with van der Waals surface area (Å²) in [5.74, 6) is 1.03. The first-order valence-electron chi connectivity index (χ1n) is 8.48. The van der Waals surface area contributed by atoms with Crippen molar-refractivity contribution in [1.29, 1.82) is 0 Å². The van der Waals surface area contributed by atoms with Gasteiger partial charge in [-0.25, -0.2) is 9.97 Å². The fourth-order valence-electron chi connectivity index (χ4n) is 2.62. The molecule has 0 bridgehead atoms. The number of hydrogen-bond acceptors (Lipinski definition) is 4. The van der Waals surface area contributed by atoms with Crippen molar-refractivity contribution in [1.82, 2.24) is 15.3 Å². The number of carbonyl (C=O) groups excluding carboxylic acids is 1. The van der Waals surface area contributed by atoms with E-state index in [2.05, 4.69) is 52.6 Å². The van der Waals surface area contributed by atoms with Crippen LogP contribution in [-0.4, -0.2) is 21.9 Å². The lowest BCUT2D eigenvalue weighted by Crippen LogP contribution is -2.31. The van der Waals surface area contributed by atoms with Crippen LogP contribution in [0.5, 0.6) is 0 Å². The Balaban J connectivity index is 2.37. The minimum Gasteiger partial charge on any atom is -0.349 e. The summed E-state index contributed by atoms with van der Waals surface area (Å²) in [5.41, 5.74) is 3.93. The largest absolute Gasteiger partial charge is 0.349 e. The molecule has 1 aromatic carbocycles. The van der Waals surface area contributed by atoms with Gasteiger partial charge in [-0.05, 0) is 44.7 Å². The lowest BCUT2D eigenvalue weighted by Gasteiger charge is -2.16. The van der Waals surface area contributed by atoms with Crippen molar-refractivity contribution in [3.8, 4) is 0 Å². The number of carbonyl (C=O) groups is 1. The van der Waals surface area contributed by atoms with Gasteiger partial charge in [-0.15, -0.1) is 0 Å². The summed E-state index contributed by atoms with van der Waals surface area (Å²) in [4.78, 5) is 20.9. The van der Waals surface area contributed by atoms with Crippen LogP contribution in [0, 0.1) is 6.92 Å². The predicted octanol–water partition coefficient (Wildman–Crippen LogP) is 3.79. The number of benzene rings is 1. The van der Waals surface area contributed by atoms with Gasteiger partial charge in [0.05, 0.1) is 0 Å². The smallest absolute Gasteiger partial charge is 0.270 e. The van der Waals surface area contributed by atoms with Crippen LogP contribution in [0.3, 0.4) is 0 Å². The van der Waals surface area contributed by atoms with E-state index in [-0.39, 0.29) is 11.9 Å². The first kappa shape index (κ1) is 17.9. The molecule has 0 aliphatic heterocycles. The number of nitrogens with one attached hydrogen (secondary N) is 2. The highest BCUT2D eigenvalue weighted by Gasteiger charge is 2.13. The van der Waals surface area contributed by atoms with Crippen LogP contribution >= 0.6 is 0 Å². The molecule has 0 unspecified atom stereocenters. The Morgan fingerprint density at radius 3 is 2.29 bits per heavy atom. The van der Waals surface area contributed by atoms with Crippen molar-refractivity contribution in [2.24, 2.45) is 0 Å². The minimum atomic E-state index is -0.182. The predicted molar refractivity (Wildman–Crippen MR) is 97.9 cm³/mol. The van der Waals surface area contributed by atoms with Crippen molar-refractivity contribution >= 4 is 17.4 Å². The highest BCUT2D eigenvalue weighted by atomic mass is 16.1. The van der Waals surface area contributed by atoms with E-state index in [1.807, 2.05) is 13.8 Å². The molecular weight excluding hydrogens is 300 g/mol. The van der Waals surface area contributed by atoms with Gasteiger partial charge in [-0.2, -0.15) is 0 Å². The molecular formula is C19H26N4O. The maximum Gasteiger partial charge on any atom is 0.270 e. The second-order valence-corrected chi connectivity index (χ2v) is 6.10. The van der Waals surface area contributed by atoms with Crippen LogP contribution in [0.15, 0.2) is 24.3 Å². The van der Waals surface area contributed by atoms with Gasteiger partial charge < -0.3 is 10.6 Å². The van der Waals surface area contributed by atoms with Crippen molar-refractivity contribution in [2.45, 2.75) is 53.5 Å². The van der Waals surface area contributed by atoms with Crippen LogP contribution in [0.1, 0.15) is 55.1 Å². The maximum atomic E-state index is 12.2. The third-order valence-corrected chi connectivity index (χ3v) is 3.74. The van der Waals surface area contributed by atoms with Gasteiger partial charge in [-0.3, -0.25) is 4.79 Å². The monoisotopic (exact) mass is 326 g/mol. The fraction of sp³-hybridized carbons (Fsp3) is 0.421. The molecule has 0 saturated carbocycles. The Hall–Kier alpha value is -2.43. The third-order valence-electron chi connectivity index (χ3n) is 3.74. The number of nitrogens with zero attached hydrogens (tertiary/aromatic N) is 2. The molecule has 0 radical (unpaired) electrons. The number of aryl methyl sites for hydroxylation is 3. The molecule has 24 heavy (non-hydrogen) atoms. The Bertz CT molecular complexity index is 703. The molecule has 128 valence electrons. The first-order valence-corrected chi connectivity index (χ1v) is 8.48. The van der Waals surface area contributed by atoms with Crippen molar-refractivity contribution in [3.05, 3.63) is 46.9 Å². The lowest BCUT2D eigenvalue weighted by molar-refractivity contribution is 0.0937. The van der Waals surface area contributed by atoms with E-state index in [1.165, 1.54) is 11.1 Å². The number of rotatable bonds is 6. The zero-order valence-electron chi connectivity index (χ0n) is 15.1. The van der Waals surface area contributed by atoms with E-state index in [4.69, 9.17) is 0 Å². The first-order chi connectivity index (χ1) is 11.4. The van der Waals surface area contributed by atoms with E-state index in [1.54, 1.807) is 13.0 Å². The quantitative estimate of drug-likeness (QED) is 0.847. The number of hydrogen-bond donors (Lipinski definition) is 2. The number of anilines is 2. The second kappa shape index (κ2) is 7.90. The summed E-state index contributed by atoms with van der Waals surface area (Å²) in [6, 6.07) is 8.08. The van der Waals surface area contributed by atoms with Crippen LogP contribution in [-0.2, 0) is 12.8 Å². The van der Waals surface area contributed by atoms with Gasteiger partial charge in [-0.1, -0.05) is 32.0 Å². The minimum absolute atomic E-state index is 0.0664. The number of para-hydroxylation sites is 1. The molecule has 2 N–H and O–H groups in total. The summed E-state index contributed by atoms with van der Waals surface area (Å²) >= 11 is 0.